The molecule has 0 aliphatic heterocycles. The van der Waals surface area contributed by atoms with E-state index in [9.17, 15) is 4.39 Å². The van der Waals surface area contributed by atoms with Gasteiger partial charge in [-0.05, 0) is 31.4 Å². The fourth-order valence-electron chi connectivity index (χ4n) is 1.12. The van der Waals surface area contributed by atoms with Crippen molar-refractivity contribution in [2.24, 2.45) is 0 Å². The highest BCUT2D eigenvalue weighted by Gasteiger charge is 1.95. The summed E-state index contributed by atoms with van der Waals surface area (Å²) in [6, 6.07) is 6.25. The van der Waals surface area contributed by atoms with Crippen molar-refractivity contribution in [1.29, 1.82) is 0 Å². The minimum absolute atomic E-state index is 0.247. The highest BCUT2D eigenvalue weighted by Crippen LogP contribution is 2.12. The molecule has 0 heterocycles. The Bertz CT molecular complexity index is 265. The number of rotatable bonds is 6. The summed E-state index contributed by atoms with van der Waals surface area (Å²) in [6.45, 7) is 0.663. The van der Waals surface area contributed by atoms with Crippen LogP contribution in [0.15, 0.2) is 24.3 Å². The van der Waals surface area contributed by atoms with Crippen LogP contribution in [0.5, 0.6) is 5.75 Å². The second kappa shape index (κ2) is 6.82. The van der Waals surface area contributed by atoms with Crippen LogP contribution in [0.25, 0.3) is 0 Å². The van der Waals surface area contributed by atoms with Crippen LogP contribution in [0.4, 0.5) is 4.39 Å². The lowest BCUT2D eigenvalue weighted by Gasteiger charge is -2.05. The fraction of sp³-hybridized carbons (Fsp3) is 0.455. The number of benzene rings is 1. The molecule has 0 N–H and O–H groups in total. The lowest BCUT2D eigenvalue weighted by molar-refractivity contribution is 0.305. The molecule has 0 saturated carbocycles. The minimum atomic E-state index is -0.247. The van der Waals surface area contributed by atoms with Gasteiger partial charge in [-0.1, -0.05) is 22.0 Å². The molecule has 0 amide bonds. The third-order valence-electron chi connectivity index (χ3n) is 1.84. The number of alkyl halides is 1. The van der Waals surface area contributed by atoms with Gasteiger partial charge < -0.3 is 4.74 Å². The molecular formula is C11H14BrFO. The van der Waals surface area contributed by atoms with Crippen LogP contribution >= 0.6 is 15.9 Å². The Hall–Kier alpha value is -0.570. The van der Waals surface area contributed by atoms with E-state index in [-0.39, 0.29) is 5.82 Å². The third-order valence-corrected chi connectivity index (χ3v) is 2.40. The van der Waals surface area contributed by atoms with Gasteiger partial charge in [0.05, 0.1) is 6.61 Å². The average Bonchev–Trinajstić information content (AvgIpc) is 2.18. The zero-order chi connectivity index (χ0) is 10.2. The molecule has 78 valence electrons. The Balaban J connectivity index is 2.18. The summed E-state index contributed by atoms with van der Waals surface area (Å²) in [7, 11) is 0. The first-order valence-electron chi connectivity index (χ1n) is 4.77. The van der Waals surface area contributed by atoms with Crippen LogP contribution < -0.4 is 4.74 Å². The molecule has 1 rings (SSSR count). The Kier molecular flexibility index (Phi) is 5.60. The third kappa shape index (κ3) is 4.61. The number of unbranched alkanes of at least 4 members (excludes halogenated alkanes) is 2. The van der Waals surface area contributed by atoms with Crippen molar-refractivity contribution in [2.75, 3.05) is 11.9 Å². The Labute approximate surface area is 92.4 Å². The molecule has 0 unspecified atom stereocenters. The van der Waals surface area contributed by atoms with Gasteiger partial charge in [-0.3, -0.25) is 0 Å². The van der Waals surface area contributed by atoms with Crippen LogP contribution in [0, 0.1) is 5.82 Å². The molecule has 0 radical (unpaired) electrons. The molecule has 14 heavy (non-hydrogen) atoms. The predicted octanol–water partition coefficient (Wildman–Crippen LogP) is 3.77. The van der Waals surface area contributed by atoms with Crippen LogP contribution in [-0.4, -0.2) is 11.9 Å². The van der Waals surface area contributed by atoms with Crippen molar-refractivity contribution in [3.05, 3.63) is 30.1 Å². The van der Waals surface area contributed by atoms with Gasteiger partial charge in [-0.15, -0.1) is 0 Å². The van der Waals surface area contributed by atoms with Gasteiger partial charge in [0.25, 0.3) is 0 Å². The first-order chi connectivity index (χ1) is 6.83. The first-order valence-corrected chi connectivity index (χ1v) is 5.89. The topological polar surface area (TPSA) is 9.23 Å². The monoisotopic (exact) mass is 260 g/mol. The van der Waals surface area contributed by atoms with Gasteiger partial charge in [-0.25, -0.2) is 4.39 Å². The van der Waals surface area contributed by atoms with E-state index in [0.717, 1.165) is 24.6 Å². The van der Waals surface area contributed by atoms with Crippen molar-refractivity contribution in [3.8, 4) is 5.75 Å². The van der Waals surface area contributed by atoms with Gasteiger partial charge in [0.15, 0.2) is 0 Å². The first kappa shape index (κ1) is 11.5. The summed E-state index contributed by atoms with van der Waals surface area (Å²) < 4.78 is 18.1. The fourth-order valence-corrected chi connectivity index (χ4v) is 1.52. The molecule has 1 nitrogen and oxygen atoms in total. The largest absolute Gasteiger partial charge is 0.493 e. The number of hydrogen-bond acceptors (Lipinski definition) is 1. The zero-order valence-corrected chi connectivity index (χ0v) is 9.60. The van der Waals surface area contributed by atoms with Crippen LogP contribution in [0.3, 0.4) is 0 Å². The van der Waals surface area contributed by atoms with Crippen molar-refractivity contribution in [2.45, 2.75) is 19.3 Å². The maximum atomic E-state index is 12.7. The molecule has 0 atom stereocenters. The summed E-state index contributed by atoms with van der Waals surface area (Å²) >= 11 is 3.37. The van der Waals surface area contributed by atoms with Gasteiger partial charge in [0.2, 0.25) is 0 Å². The van der Waals surface area contributed by atoms with E-state index in [1.54, 1.807) is 12.1 Å². The molecule has 3 heteroatoms. The Morgan fingerprint density at radius 2 is 2.07 bits per heavy atom. The lowest BCUT2D eigenvalue weighted by Crippen LogP contribution is -1.97. The van der Waals surface area contributed by atoms with Crippen LogP contribution in [0.2, 0.25) is 0 Å². The second-order valence-electron chi connectivity index (χ2n) is 3.06. The summed E-state index contributed by atoms with van der Waals surface area (Å²) in [5.74, 6) is 0.367. The van der Waals surface area contributed by atoms with Crippen molar-refractivity contribution < 1.29 is 9.13 Å². The minimum Gasteiger partial charge on any atom is -0.493 e. The normalized spacial score (nSPS) is 10.1. The maximum absolute atomic E-state index is 12.7. The summed E-state index contributed by atoms with van der Waals surface area (Å²) in [6.07, 6.45) is 3.31. The zero-order valence-electron chi connectivity index (χ0n) is 8.01. The number of halogens is 2. The van der Waals surface area contributed by atoms with E-state index in [1.165, 1.54) is 12.1 Å². The van der Waals surface area contributed by atoms with E-state index >= 15 is 0 Å². The van der Waals surface area contributed by atoms with Gasteiger partial charge >= 0.3 is 0 Å². The molecule has 1 aromatic carbocycles. The second-order valence-corrected chi connectivity index (χ2v) is 3.85. The van der Waals surface area contributed by atoms with E-state index in [2.05, 4.69) is 15.9 Å². The summed E-state index contributed by atoms with van der Waals surface area (Å²) in [5.41, 5.74) is 0. The molecule has 0 aliphatic rings. The highest BCUT2D eigenvalue weighted by atomic mass is 79.9. The molecule has 1 aromatic rings. The van der Waals surface area contributed by atoms with Crippen LogP contribution in [0.1, 0.15) is 19.3 Å². The summed E-state index contributed by atoms with van der Waals surface area (Å²) in [5, 5.41) is 1.03. The van der Waals surface area contributed by atoms with Crippen molar-refractivity contribution in [1.82, 2.24) is 0 Å². The Morgan fingerprint density at radius 1 is 1.21 bits per heavy atom. The van der Waals surface area contributed by atoms with E-state index in [1.807, 2.05) is 0 Å². The van der Waals surface area contributed by atoms with Gasteiger partial charge in [-0.2, -0.15) is 0 Å². The van der Waals surface area contributed by atoms with Crippen LogP contribution in [-0.2, 0) is 0 Å². The Morgan fingerprint density at radius 3 is 2.79 bits per heavy atom. The lowest BCUT2D eigenvalue weighted by atomic mass is 10.3. The van der Waals surface area contributed by atoms with Crippen molar-refractivity contribution in [3.63, 3.8) is 0 Å². The smallest absolute Gasteiger partial charge is 0.126 e. The quantitative estimate of drug-likeness (QED) is 0.559. The summed E-state index contributed by atoms with van der Waals surface area (Å²) in [4.78, 5) is 0. The standard InChI is InChI=1S/C11H14BrFO/c12-7-2-1-3-8-14-11-6-4-5-10(13)9-11/h4-6,9H,1-3,7-8H2. The number of hydrogen-bond donors (Lipinski definition) is 0. The SMILES string of the molecule is Fc1cccc(OCCCCCBr)c1. The maximum Gasteiger partial charge on any atom is 0.126 e. The molecule has 0 spiro atoms. The molecular weight excluding hydrogens is 247 g/mol. The van der Waals surface area contributed by atoms with Gasteiger partial charge in [0, 0.05) is 11.4 Å². The van der Waals surface area contributed by atoms with E-state index < -0.39 is 0 Å². The van der Waals surface area contributed by atoms with E-state index in [0.29, 0.717) is 12.4 Å². The molecule has 0 aliphatic carbocycles. The van der Waals surface area contributed by atoms with E-state index in [4.69, 9.17) is 4.74 Å². The van der Waals surface area contributed by atoms with Crippen molar-refractivity contribution >= 4 is 15.9 Å². The molecule has 0 fully saturated rings. The molecule has 0 bridgehead atoms. The molecule has 0 saturated heterocycles. The average molecular weight is 261 g/mol. The highest BCUT2D eigenvalue weighted by molar-refractivity contribution is 9.09. The number of ether oxygens (including phenoxy) is 1. The van der Waals surface area contributed by atoms with Gasteiger partial charge in [0.1, 0.15) is 11.6 Å². The predicted molar refractivity (Wildman–Crippen MR) is 59.5 cm³/mol. The molecule has 0 aromatic heterocycles.